The summed E-state index contributed by atoms with van der Waals surface area (Å²) in [6, 6.07) is 8.44. The normalized spacial score (nSPS) is 25.3. The standard InChI is InChI=1S/C48H77Cl2N3O6/c1-35-12-15-39(16-17-40-33-42(54)34-45(55)36(40)2)44-21-20-43(46(35)44)38(10-5-22-48(3,4)57)11-7-30-58-31-8-25-51-27-32-59-47(56)52-26-6-9-37-13-18-41(19-14-37)53(28-23-49)29-24-50/h13-14,16-19,35,38,42-46,51,54-55,57H,2,5-12,15,20-34H2,1,3-4H3,(H,52,56). The number of rotatable bonds is 26. The van der Waals surface area contributed by atoms with Crippen LogP contribution in [0.2, 0.25) is 0 Å². The molecule has 3 saturated carbocycles. The molecule has 7 atom stereocenters. The summed E-state index contributed by atoms with van der Waals surface area (Å²) in [5.74, 6) is 4.36. The fourth-order valence-corrected chi connectivity index (χ4v) is 10.2. The summed E-state index contributed by atoms with van der Waals surface area (Å²) in [6.45, 7) is 15.7. The fourth-order valence-electron chi connectivity index (χ4n) is 9.84. The van der Waals surface area contributed by atoms with E-state index in [9.17, 15) is 20.1 Å². The fraction of sp³-hybridized carbons (Fsp3) is 0.729. The minimum Gasteiger partial charge on any atom is -0.448 e. The zero-order chi connectivity index (χ0) is 42.6. The summed E-state index contributed by atoms with van der Waals surface area (Å²) in [5, 5.41) is 37.3. The molecule has 0 saturated heterocycles. The first-order chi connectivity index (χ1) is 28.4. The van der Waals surface area contributed by atoms with Crippen molar-refractivity contribution in [2.24, 2.45) is 29.6 Å². The average molecular weight is 863 g/mol. The maximum atomic E-state index is 12.1. The van der Waals surface area contributed by atoms with Gasteiger partial charge >= 0.3 is 6.09 Å². The highest BCUT2D eigenvalue weighted by molar-refractivity contribution is 6.18. The van der Waals surface area contributed by atoms with Crippen LogP contribution in [0.3, 0.4) is 0 Å². The molecule has 3 aliphatic rings. The number of halogens is 2. The van der Waals surface area contributed by atoms with E-state index in [-0.39, 0.29) is 6.09 Å². The van der Waals surface area contributed by atoms with Gasteiger partial charge < -0.3 is 40.3 Å². The Morgan fingerprint density at radius 3 is 2.42 bits per heavy atom. The number of alkyl halides is 2. The summed E-state index contributed by atoms with van der Waals surface area (Å²) < 4.78 is 11.4. The number of aryl methyl sites for hydroxylation is 1. The summed E-state index contributed by atoms with van der Waals surface area (Å²) in [4.78, 5) is 14.3. The van der Waals surface area contributed by atoms with Gasteiger partial charge in [-0.25, -0.2) is 4.79 Å². The number of alkyl carbamates (subject to hydrolysis) is 1. The molecular weight excluding hydrogens is 785 g/mol. The quantitative estimate of drug-likeness (QED) is 0.0463. The topological polar surface area (TPSA) is 124 Å². The second-order valence-electron chi connectivity index (χ2n) is 18.0. The van der Waals surface area contributed by atoms with Gasteiger partial charge in [-0.3, -0.25) is 0 Å². The van der Waals surface area contributed by atoms with Crippen molar-refractivity contribution in [2.75, 3.05) is 69.2 Å². The molecule has 4 rings (SSSR count). The van der Waals surface area contributed by atoms with Crippen LogP contribution in [0.5, 0.6) is 0 Å². The van der Waals surface area contributed by atoms with E-state index < -0.39 is 17.8 Å². The molecule has 0 heterocycles. The van der Waals surface area contributed by atoms with Crippen LogP contribution in [0.25, 0.3) is 0 Å². The highest BCUT2D eigenvalue weighted by atomic mass is 35.5. The Bertz CT molecular complexity index is 1440. The SMILES string of the molecule is C=C1C(=CC=C2CCC(C)C3C2CCC3C(CCCOCCCNCCOC(=O)NCCCc2ccc(N(CCCl)CCCl)cc2)CCCC(C)(C)O)CC(O)CC1O. The van der Waals surface area contributed by atoms with Gasteiger partial charge in [0.15, 0.2) is 0 Å². The van der Waals surface area contributed by atoms with Gasteiger partial charge in [0.1, 0.15) is 6.61 Å². The van der Waals surface area contributed by atoms with Gasteiger partial charge in [-0.05, 0) is 149 Å². The lowest BCUT2D eigenvalue weighted by Crippen LogP contribution is -2.32. The molecule has 3 aliphatic carbocycles. The largest absolute Gasteiger partial charge is 0.448 e. The molecule has 7 unspecified atom stereocenters. The van der Waals surface area contributed by atoms with Crippen LogP contribution in [0.1, 0.15) is 110 Å². The second-order valence-corrected chi connectivity index (χ2v) is 18.8. The first-order valence-corrected chi connectivity index (χ1v) is 23.8. The smallest absolute Gasteiger partial charge is 0.407 e. The molecule has 9 nitrogen and oxygen atoms in total. The molecule has 3 fully saturated rings. The van der Waals surface area contributed by atoms with E-state index in [1.54, 1.807) is 0 Å². The number of benzene rings is 1. The summed E-state index contributed by atoms with van der Waals surface area (Å²) >= 11 is 11.9. The van der Waals surface area contributed by atoms with Crippen molar-refractivity contribution in [1.82, 2.24) is 10.6 Å². The molecule has 1 aromatic carbocycles. The van der Waals surface area contributed by atoms with Crippen LogP contribution in [0, 0.1) is 29.6 Å². The van der Waals surface area contributed by atoms with E-state index in [2.05, 4.69) is 65.5 Å². The highest BCUT2D eigenvalue weighted by Crippen LogP contribution is 2.54. The first kappa shape index (κ1) is 49.5. The number of aliphatic hydroxyl groups is 3. The monoisotopic (exact) mass is 862 g/mol. The number of aliphatic hydroxyl groups excluding tert-OH is 2. The molecule has 0 aromatic heterocycles. The van der Waals surface area contributed by atoms with Gasteiger partial charge in [0, 0.05) is 63.3 Å². The minimum atomic E-state index is -0.658. The van der Waals surface area contributed by atoms with E-state index in [0.717, 1.165) is 101 Å². The highest BCUT2D eigenvalue weighted by Gasteiger charge is 2.45. The number of amides is 1. The number of nitrogens with zero attached hydrogens (tertiary/aromatic N) is 1. The van der Waals surface area contributed by atoms with Crippen LogP contribution >= 0.6 is 23.2 Å². The predicted molar refractivity (Wildman–Crippen MR) is 244 cm³/mol. The van der Waals surface area contributed by atoms with Gasteiger partial charge in [0.2, 0.25) is 0 Å². The van der Waals surface area contributed by atoms with Gasteiger partial charge in [0.05, 0.1) is 17.8 Å². The molecule has 334 valence electrons. The van der Waals surface area contributed by atoms with Gasteiger partial charge in [-0.1, -0.05) is 56.2 Å². The lowest BCUT2D eigenvalue weighted by atomic mass is 9.65. The first-order valence-electron chi connectivity index (χ1n) is 22.7. The Morgan fingerprint density at radius 2 is 1.69 bits per heavy atom. The van der Waals surface area contributed by atoms with E-state index in [1.807, 2.05) is 13.8 Å². The number of allylic oxidation sites excluding steroid dienone is 3. The molecule has 0 aliphatic heterocycles. The van der Waals surface area contributed by atoms with Gasteiger partial charge in [0.25, 0.3) is 0 Å². The Balaban J connectivity index is 1.10. The van der Waals surface area contributed by atoms with Crippen molar-refractivity contribution in [3.8, 4) is 0 Å². The maximum absolute atomic E-state index is 12.1. The lowest BCUT2D eigenvalue weighted by Gasteiger charge is -2.40. The number of anilines is 1. The summed E-state index contributed by atoms with van der Waals surface area (Å²) in [5.41, 5.74) is 4.97. The van der Waals surface area contributed by atoms with Crippen molar-refractivity contribution >= 4 is 35.0 Å². The maximum Gasteiger partial charge on any atom is 0.407 e. The molecule has 0 spiro atoms. The Morgan fingerprint density at radius 1 is 0.966 bits per heavy atom. The summed E-state index contributed by atoms with van der Waals surface area (Å²) in [6.07, 6.45) is 16.4. The Kier molecular flexibility index (Phi) is 22.2. The second kappa shape index (κ2) is 26.4. The third-order valence-corrected chi connectivity index (χ3v) is 13.3. The Hall–Kier alpha value is -2.11. The molecule has 1 amide bonds. The van der Waals surface area contributed by atoms with E-state index in [0.29, 0.717) is 80.5 Å². The van der Waals surface area contributed by atoms with Crippen LogP contribution in [-0.4, -0.2) is 104 Å². The number of hydrogen-bond donors (Lipinski definition) is 5. The molecule has 0 bridgehead atoms. The van der Waals surface area contributed by atoms with E-state index in [4.69, 9.17) is 32.7 Å². The van der Waals surface area contributed by atoms with Crippen LogP contribution in [-0.2, 0) is 15.9 Å². The average Bonchev–Trinajstić information content (AvgIpc) is 3.65. The number of ether oxygens (including phenoxy) is 2. The van der Waals surface area contributed by atoms with Crippen LogP contribution in [0.4, 0.5) is 10.5 Å². The molecular formula is C48H77Cl2N3O6. The number of nitrogens with one attached hydrogen (secondary N) is 2. The van der Waals surface area contributed by atoms with Crippen molar-refractivity contribution in [2.45, 2.75) is 128 Å². The molecule has 1 aromatic rings. The third-order valence-electron chi connectivity index (χ3n) is 13.0. The molecule has 5 N–H and O–H groups in total. The van der Waals surface area contributed by atoms with E-state index in [1.165, 1.54) is 30.4 Å². The lowest BCUT2D eigenvalue weighted by molar-refractivity contribution is 0.0613. The van der Waals surface area contributed by atoms with Crippen molar-refractivity contribution in [3.63, 3.8) is 0 Å². The van der Waals surface area contributed by atoms with Crippen molar-refractivity contribution < 1.29 is 29.6 Å². The summed E-state index contributed by atoms with van der Waals surface area (Å²) in [7, 11) is 0. The van der Waals surface area contributed by atoms with Gasteiger partial charge in [-0.2, -0.15) is 0 Å². The predicted octanol–water partition coefficient (Wildman–Crippen LogP) is 8.96. The van der Waals surface area contributed by atoms with Crippen LogP contribution < -0.4 is 15.5 Å². The number of carbonyl (C=O) groups excluding carboxylic acids is 1. The molecule has 59 heavy (non-hydrogen) atoms. The molecule has 11 heteroatoms. The Labute approximate surface area is 366 Å². The van der Waals surface area contributed by atoms with E-state index >= 15 is 0 Å². The number of carbonyl (C=O) groups is 1. The number of fused-ring (bicyclic) bond motifs is 1. The van der Waals surface area contributed by atoms with Crippen molar-refractivity contribution in [1.29, 1.82) is 0 Å². The zero-order valence-corrected chi connectivity index (χ0v) is 38.0. The number of hydrogen-bond acceptors (Lipinski definition) is 8. The minimum absolute atomic E-state index is 0.324. The molecule has 0 radical (unpaired) electrons. The van der Waals surface area contributed by atoms with Crippen molar-refractivity contribution in [3.05, 3.63) is 65.3 Å². The van der Waals surface area contributed by atoms with Crippen LogP contribution in [0.15, 0.2) is 59.7 Å². The zero-order valence-electron chi connectivity index (χ0n) is 36.5. The van der Waals surface area contributed by atoms with Gasteiger partial charge in [-0.15, -0.1) is 23.2 Å². The third kappa shape index (κ3) is 17.3.